The molecule has 7 heteroatoms. The van der Waals surface area contributed by atoms with Gasteiger partial charge >= 0.3 is 0 Å². The molecule has 0 bridgehead atoms. The van der Waals surface area contributed by atoms with Crippen molar-refractivity contribution in [2.45, 2.75) is 38.6 Å². The fourth-order valence-electron chi connectivity index (χ4n) is 4.95. The average molecular weight is 515 g/mol. The minimum absolute atomic E-state index is 0.160. The summed E-state index contributed by atoms with van der Waals surface area (Å²) in [6, 6.07) is 20.0. The highest BCUT2D eigenvalue weighted by Crippen LogP contribution is 2.33. The number of amides is 2. The number of carbonyl (C=O) groups excluding carboxylic acids is 3. The summed E-state index contributed by atoms with van der Waals surface area (Å²) in [5.41, 5.74) is 3.91. The molecule has 0 aromatic heterocycles. The van der Waals surface area contributed by atoms with Crippen LogP contribution < -0.4 is 14.8 Å². The molecule has 0 spiro atoms. The van der Waals surface area contributed by atoms with Gasteiger partial charge in [-0.25, -0.2) is 0 Å². The third-order valence-corrected chi connectivity index (χ3v) is 7.04. The summed E-state index contributed by atoms with van der Waals surface area (Å²) in [4.78, 5) is 41.8. The molecule has 0 saturated heterocycles. The van der Waals surface area contributed by atoms with Crippen LogP contribution >= 0.6 is 0 Å². The molecule has 2 amide bonds. The number of methoxy groups -OCH3 is 2. The molecule has 1 aliphatic rings. The van der Waals surface area contributed by atoms with Gasteiger partial charge in [0.25, 0.3) is 11.7 Å². The molecule has 3 aromatic rings. The predicted molar refractivity (Wildman–Crippen MR) is 146 cm³/mol. The van der Waals surface area contributed by atoms with E-state index in [9.17, 15) is 14.4 Å². The lowest BCUT2D eigenvalue weighted by atomic mass is 9.91. The number of hydrogen-bond acceptors (Lipinski definition) is 5. The highest BCUT2D eigenvalue weighted by Gasteiger charge is 2.38. The smallest absolute Gasteiger partial charge is 0.295 e. The third-order valence-electron chi connectivity index (χ3n) is 7.04. The SMILES string of the molecule is COc1cc(C(=O)C(=O)N2CCc3ccccc3[C@H]2C(=O)NCCCCc2ccccc2)cc(OC)c1C. The number of ether oxygens (including phenoxy) is 2. The molecule has 0 saturated carbocycles. The molecule has 1 atom stereocenters. The van der Waals surface area contributed by atoms with Crippen LogP contribution in [0.15, 0.2) is 66.7 Å². The highest BCUT2D eigenvalue weighted by atomic mass is 16.5. The van der Waals surface area contributed by atoms with Crippen LogP contribution in [0.1, 0.15) is 51.5 Å². The molecule has 0 aliphatic carbocycles. The fraction of sp³-hybridized carbons (Fsp3) is 0.323. The second kappa shape index (κ2) is 12.4. The van der Waals surface area contributed by atoms with E-state index in [1.807, 2.05) is 49.4 Å². The molecule has 198 valence electrons. The van der Waals surface area contributed by atoms with Gasteiger partial charge < -0.3 is 19.7 Å². The maximum atomic E-state index is 13.6. The molecule has 1 aliphatic heterocycles. The predicted octanol–water partition coefficient (Wildman–Crippen LogP) is 4.46. The molecule has 4 rings (SSSR count). The second-order valence-electron chi connectivity index (χ2n) is 9.42. The molecule has 0 fully saturated rings. The van der Waals surface area contributed by atoms with Gasteiger partial charge in [-0.2, -0.15) is 0 Å². The summed E-state index contributed by atoms with van der Waals surface area (Å²) in [6.45, 7) is 2.58. The first-order valence-corrected chi connectivity index (χ1v) is 12.9. The maximum absolute atomic E-state index is 13.6. The van der Waals surface area contributed by atoms with E-state index in [0.717, 1.165) is 36.0 Å². The molecule has 7 nitrogen and oxygen atoms in total. The zero-order chi connectivity index (χ0) is 27.1. The van der Waals surface area contributed by atoms with Gasteiger partial charge in [-0.05, 0) is 61.4 Å². The number of hydrogen-bond donors (Lipinski definition) is 1. The topological polar surface area (TPSA) is 84.9 Å². The van der Waals surface area contributed by atoms with Gasteiger partial charge in [0.05, 0.1) is 14.2 Å². The van der Waals surface area contributed by atoms with Crippen molar-refractivity contribution < 1.29 is 23.9 Å². The van der Waals surface area contributed by atoms with Crippen LogP contribution in [-0.4, -0.2) is 49.8 Å². The van der Waals surface area contributed by atoms with E-state index >= 15 is 0 Å². The molecule has 0 unspecified atom stereocenters. The summed E-state index contributed by atoms with van der Waals surface area (Å²) >= 11 is 0. The van der Waals surface area contributed by atoms with Crippen LogP contribution in [0.2, 0.25) is 0 Å². The lowest BCUT2D eigenvalue weighted by molar-refractivity contribution is -0.138. The molecular formula is C31H34N2O5. The summed E-state index contributed by atoms with van der Waals surface area (Å²) < 4.78 is 10.8. The minimum atomic E-state index is -0.875. The van der Waals surface area contributed by atoms with Gasteiger partial charge in [0.15, 0.2) is 0 Å². The summed E-state index contributed by atoms with van der Waals surface area (Å²) in [5.74, 6) is -0.806. The Morgan fingerprint density at radius 3 is 2.26 bits per heavy atom. The standard InChI is InChI=1S/C31H34N2O5/c1-21-26(37-2)19-24(20-27(21)38-3)29(34)31(36)33-18-16-23-14-7-8-15-25(23)28(33)30(35)32-17-10-9-13-22-11-5-4-6-12-22/h4-8,11-12,14-15,19-20,28H,9-10,13,16-18H2,1-3H3,(H,32,35)/t28-/m0/s1. The highest BCUT2D eigenvalue weighted by molar-refractivity contribution is 6.43. The zero-order valence-corrected chi connectivity index (χ0v) is 22.2. The van der Waals surface area contributed by atoms with Crippen molar-refractivity contribution >= 4 is 17.6 Å². The van der Waals surface area contributed by atoms with Crippen molar-refractivity contribution in [3.8, 4) is 11.5 Å². The van der Waals surface area contributed by atoms with Crippen LogP contribution in [-0.2, 0) is 22.4 Å². The van der Waals surface area contributed by atoms with Crippen LogP contribution in [0.4, 0.5) is 0 Å². The minimum Gasteiger partial charge on any atom is -0.496 e. The van der Waals surface area contributed by atoms with Gasteiger partial charge in [-0.3, -0.25) is 14.4 Å². The maximum Gasteiger partial charge on any atom is 0.295 e. The first-order valence-electron chi connectivity index (χ1n) is 12.9. The number of aryl methyl sites for hydroxylation is 1. The van der Waals surface area contributed by atoms with Crippen molar-refractivity contribution in [1.82, 2.24) is 10.2 Å². The Labute approximate surface area is 223 Å². The molecule has 0 radical (unpaired) electrons. The van der Waals surface area contributed by atoms with E-state index in [-0.39, 0.29) is 18.0 Å². The summed E-state index contributed by atoms with van der Waals surface area (Å²) in [5, 5.41) is 3.00. The number of rotatable bonds is 10. The number of ketones is 1. The van der Waals surface area contributed by atoms with Gasteiger partial charge in [0, 0.05) is 24.2 Å². The number of carbonyl (C=O) groups is 3. The fourth-order valence-corrected chi connectivity index (χ4v) is 4.95. The van der Waals surface area contributed by atoms with E-state index in [4.69, 9.17) is 9.47 Å². The summed E-state index contributed by atoms with van der Waals surface area (Å²) in [6.07, 6.45) is 3.25. The van der Waals surface area contributed by atoms with Gasteiger partial charge in [0.1, 0.15) is 17.5 Å². The Morgan fingerprint density at radius 1 is 0.921 bits per heavy atom. The van der Waals surface area contributed by atoms with E-state index in [0.29, 0.717) is 24.5 Å². The van der Waals surface area contributed by atoms with Crippen LogP contribution in [0.25, 0.3) is 0 Å². The molecular weight excluding hydrogens is 480 g/mol. The normalized spacial score (nSPS) is 14.4. The van der Waals surface area contributed by atoms with Gasteiger partial charge in [-0.15, -0.1) is 0 Å². The zero-order valence-electron chi connectivity index (χ0n) is 22.2. The first kappa shape index (κ1) is 26.9. The van der Waals surface area contributed by atoms with Crippen molar-refractivity contribution in [1.29, 1.82) is 0 Å². The number of Topliss-reactive ketones (excluding diaryl/α,β-unsaturated/α-hetero) is 1. The lowest BCUT2D eigenvalue weighted by Crippen LogP contribution is -2.49. The Morgan fingerprint density at radius 2 is 1.58 bits per heavy atom. The van der Waals surface area contributed by atoms with Gasteiger partial charge in [0.2, 0.25) is 5.91 Å². The van der Waals surface area contributed by atoms with Crippen molar-refractivity contribution in [2.24, 2.45) is 0 Å². The number of fused-ring (bicyclic) bond motifs is 1. The number of benzene rings is 3. The lowest BCUT2D eigenvalue weighted by Gasteiger charge is -2.36. The Bertz CT molecular complexity index is 1280. The van der Waals surface area contributed by atoms with E-state index < -0.39 is 17.7 Å². The van der Waals surface area contributed by atoms with Crippen molar-refractivity contribution in [3.63, 3.8) is 0 Å². The van der Waals surface area contributed by atoms with Crippen LogP contribution in [0.3, 0.4) is 0 Å². The van der Waals surface area contributed by atoms with E-state index in [1.165, 1.54) is 36.8 Å². The number of nitrogens with one attached hydrogen (secondary N) is 1. The largest absolute Gasteiger partial charge is 0.496 e. The van der Waals surface area contributed by atoms with Crippen LogP contribution in [0.5, 0.6) is 11.5 Å². The monoisotopic (exact) mass is 514 g/mol. The summed E-state index contributed by atoms with van der Waals surface area (Å²) in [7, 11) is 3.00. The Hall–Kier alpha value is -4.13. The van der Waals surface area contributed by atoms with Crippen molar-refractivity contribution in [3.05, 3.63) is 94.5 Å². The Kier molecular flexibility index (Phi) is 8.79. The molecule has 38 heavy (non-hydrogen) atoms. The van der Waals surface area contributed by atoms with E-state index in [2.05, 4.69) is 17.4 Å². The molecule has 3 aromatic carbocycles. The average Bonchev–Trinajstić information content (AvgIpc) is 2.96. The Balaban J connectivity index is 1.50. The van der Waals surface area contributed by atoms with Crippen molar-refractivity contribution in [2.75, 3.05) is 27.3 Å². The number of unbranched alkanes of at least 4 members (excludes halogenated alkanes) is 1. The first-order chi connectivity index (χ1) is 18.4. The molecule has 1 heterocycles. The number of nitrogens with zero attached hydrogens (tertiary/aromatic N) is 1. The molecule has 1 N–H and O–H groups in total. The quantitative estimate of drug-likeness (QED) is 0.245. The second-order valence-corrected chi connectivity index (χ2v) is 9.42. The van der Waals surface area contributed by atoms with Crippen LogP contribution in [0, 0.1) is 6.92 Å². The third kappa shape index (κ3) is 5.88. The van der Waals surface area contributed by atoms with Gasteiger partial charge in [-0.1, -0.05) is 54.6 Å². The van der Waals surface area contributed by atoms with E-state index in [1.54, 1.807) is 0 Å².